The zero-order valence-corrected chi connectivity index (χ0v) is 13.8. The van der Waals surface area contributed by atoms with E-state index >= 15 is 0 Å². The van der Waals surface area contributed by atoms with Gasteiger partial charge in [0, 0.05) is 22.4 Å². The lowest BCUT2D eigenvalue weighted by Gasteiger charge is -2.32. The first-order valence-corrected chi connectivity index (χ1v) is 7.86. The Balaban J connectivity index is 2.06. The molecule has 1 aliphatic rings. The molecular formula is C17H16BrNO3. The molecule has 2 aromatic rings. The molecule has 0 aromatic heterocycles. The van der Waals surface area contributed by atoms with Gasteiger partial charge in [0.1, 0.15) is 5.75 Å². The number of nitrogens with zero attached hydrogens (tertiary/aromatic N) is 1. The van der Waals surface area contributed by atoms with Gasteiger partial charge in [0.25, 0.3) is 0 Å². The van der Waals surface area contributed by atoms with E-state index in [-0.39, 0.29) is 5.56 Å². The predicted octanol–water partition coefficient (Wildman–Crippen LogP) is 4.24. The van der Waals surface area contributed by atoms with Gasteiger partial charge in [-0.15, -0.1) is 0 Å². The van der Waals surface area contributed by atoms with E-state index in [9.17, 15) is 9.90 Å². The number of methoxy groups -OCH3 is 1. The van der Waals surface area contributed by atoms with E-state index in [2.05, 4.69) is 26.9 Å². The lowest BCUT2D eigenvalue weighted by Crippen LogP contribution is -2.24. The molecule has 0 bridgehead atoms. The minimum Gasteiger partial charge on any atom is -0.497 e. The van der Waals surface area contributed by atoms with Crippen molar-refractivity contribution < 1.29 is 14.6 Å². The topological polar surface area (TPSA) is 49.8 Å². The van der Waals surface area contributed by atoms with Crippen LogP contribution in [0.5, 0.6) is 5.75 Å². The third-order valence-electron chi connectivity index (χ3n) is 3.85. The summed E-state index contributed by atoms with van der Waals surface area (Å²) in [7, 11) is 1.66. The number of carboxylic acid groups (broad SMARTS) is 1. The van der Waals surface area contributed by atoms with Crippen molar-refractivity contribution in [1.29, 1.82) is 0 Å². The molecule has 1 N–H and O–H groups in total. The van der Waals surface area contributed by atoms with Crippen LogP contribution in [0.3, 0.4) is 0 Å². The van der Waals surface area contributed by atoms with Gasteiger partial charge in [-0.1, -0.05) is 15.9 Å². The summed E-state index contributed by atoms with van der Waals surface area (Å²) >= 11 is 3.40. The summed E-state index contributed by atoms with van der Waals surface area (Å²) in [5.41, 5.74) is 3.51. The molecule has 0 spiro atoms. The number of benzene rings is 2. The van der Waals surface area contributed by atoms with E-state index in [1.165, 1.54) is 5.56 Å². The number of fused-ring (bicyclic) bond motifs is 1. The maximum absolute atomic E-state index is 11.3. The van der Waals surface area contributed by atoms with Crippen LogP contribution in [-0.4, -0.2) is 24.7 Å². The Bertz CT molecular complexity index is 730. The fourth-order valence-electron chi connectivity index (χ4n) is 2.82. The van der Waals surface area contributed by atoms with Crippen molar-refractivity contribution >= 4 is 33.3 Å². The highest BCUT2D eigenvalue weighted by atomic mass is 79.9. The first-order chi connectivity index (χ1) is 10.6. The van der Waals surface area contributed by atoms with Gasteiger partial charge in [0.2, 0.25) is 0 Å². The number of carbonyl (C=O) groups is 1. The Morgan fingerprint density at radius 3 is 2.82 bits per heavy atom. The van der Waals surface area contributed by atoms with E-state index in [4.69, 9.17) is 4.74 Å². The normalized spacial score (nSPS) is 13.6. The molecular weight excluding hydrogens is 346 g/mol. The quantitative estimate of drug-likeness (QED) is 0.887. The van der Waals surface area contributed by atoms with Crippen LogP contribution < -0.4 is 9.64 Å². The third kappa shape index (κ3) is 2.81. The predicted molar refractivity (Wildman–Crippen MR) is 89.4 cm³/mol. The summed E-state index contributed by atoms with van der Waals surface area (Å²) in [6, 6.07) is 11.3. The number of hydrogen-bond donors (Lipinski definition) is 1. The largest absolute Gasteiger partial charge is 0.497 e. The number of aromatic carboxylic acids is 1. The minimum absolute atomic E-state index is 0.282. The summed E-state index contributed by atoms with van der Waals surface area (Å²) in [4.78, 5) is 13.4. The Morgan fingerprint density at radius 2 is 2.09 bits per heavy atom. The highest BCUT2D eigenvalue weighted by Crippen LogP contribution is 2.36. The van der Waals surface area contributed by atoms with Gasteiger partial charge in [-0.3, -0.25) is 0 Å². The first kappa shape index (κ1) is 14.9. The van der Waals surface area contributed by atoms with E-state index in [0.717, 1.165) is 41.0 Å². The van der Waals surface area contributed by atoms with Crippen molar-refractivity contribution in [1.82, 2.24) is 0 Å². The summed E-state index contributed by atoms with van der Waals surface area (Å²) in [6.45, 7) is 0.870. The number of aryl methyl sites for hydroxylation is 1. The van der Waals surface area contributed by atoms with Crippen LogP contribution >= 0.6 is 15.9 Å². The molecule has 0 saturated heterocycles. The molecule has 0 radical (unpaired) electrons. The van der Waals surface area contributed by atoms with Gasteiger partial charge in [0.05, 0.1) is 12.7 Å². The number of rotatable bonds is 3. The molecule has 22 heavy (non-hydrogen) atoms. The summed E-state index contributed by atoms with van der Waals surface area (Å²) in [6.07, 6.45) is 2.03. The van der Waals surface area contributed by atoms with E-state index < -0.39 is 5.97 Å². The van der Waals surface area contributed by atoms with Crippen molar-refractivity contribution in [3.63, 3.8) is 0 Å². The number of anilines is 2. The Hall–Kier alpha value is -2.01. The number of carboxylic acids is 1. The molecule has 0 unspecified atom stereocenters. The maximum atomic E-state index is 11.3. The second-order valence-electron chi connectivity index (χ2n) is 5.25. The molecule has 5 heteroatoms. The smallest absolute Gasteiger partial charge is 0.335 e. The molecule has 2 aromatic carbocycles. The van der Waals surface area contributed by atoms with Crippen LogP contribution in [0.4, 0.5) is 11.4 Å². The van der Waals surface area contributed by atoms with Gasteiger partial charge in [-0.2, -0.15) is 0 Å². The molecule has 0 atom stereocenters. The second-order valence-corrected chi connectivity index (χ2v) is 6.17. The zero-order valence-electron chi connectivity index (χ0n) is 12.2. The van der Waals surface area contributed by atoms with Crippen molar-refractivity contribution in [2.24, 2.45) is 0 Å². The minimum atomic E-state index is -0.922. The monoisotopic (exact) mass is 361 g/mol. The molecule has 114 valence electrons. The fraction of sp³-hybridized carbons (Fsp3) is 0.235. The van der Waals surface area contributed by atoms with Crippen molar-refractivity contribution in [2.45, 2.75) is 12.8 Å². The SMILES string of the molecule is COc1ccc2c(c1)CCCN2c1cc(Br)cc(C(=O)O)c1. The lowest BCUT2D eigenvalue weighted by molar-refractivity contribution is 0.0697. The van der Waals surface area contributed by atoms with E-state index in [1.54, 1.807) is 19.2 Å². The summed E-state index contributed by atoms with van der Waals surface area (Å²) < 4.78 is 6.05. The molecule has 3 rings (SSSR count). The maximum Gasteiger partial charge on any atom is 0.335 e. The number of ether oxygens (including phenoxy) is 1. The lowest BCUT2D eigenvalue weighted by atomic mass is 10.0. The molecule has 0 aliphatic carbocycles. The van der Waals surface area contributed by atoms with Crippen LogP contribution in [0, 0.1) is 0 Å². The van der Waals surface area contributed by atoms with Gasteiger partial charge in [0.15, 0.2) is 0 Å². The van der Waals surface area contributed by atoms with Crippen molar-refractivity contribution in [3.8, 4) is 5.75 Å². The van der Waals surface area contributed by atoms with Crippen LogP contribution in [0.15, 0.2) is 40.9 Å². The van der Waals surface area contributed by atoms with Crippen molar-refractivity contribution in [3.05, 3.63) is 52.0 Å². The average Bonchev–Trinajstić information content (AvgIpc) is 2.53. The average molecular weight is 362 g/mol. The van der Waals surface area contributed by atoms with E-state index in [1.807, 2.05) is 18.2 Å². The van der Waals surface area contributed by atoms with Crippen molar-refractivity contribution in [2.75, 3.05) is 18.6 Å². The van der Waals surface area contributed by atoms with Crippen LogP contribution in [-0.2, 0) is 6.42 Å². The molecule has 0 saturated carbocycles. The summed E-state index contributed by atoms with van der Waals surface area (Å²) in [5, 5.41) is 9.24. The molecule has 0 amide bonds. The van der Waals surface area contributed by atoms with Crippen LogP contribution in [0.25, 0.3) is 0 Å². The van der Waals surface area contributed by atoms with Gasteiger partial charge < -0.3 is 14.7 Å². The Labute approximate surface area is 137 Å². The Morgan fingerprint density at radius 1 is 1.27 bits per heavy atom. The Kier molecular flexibility index (Phi) is 4.07. The van der Waals surface area contributed by atoms with Gasteiger partial charge in [-0.25, -0.2) is 4.79 Å². The summed E-state index contributed by atoms with van der Waals surface area (Å²) in [5.74, 6) is -0.0735. The molecule has 4 nitrogen and oxygen atoms in total. The highest BCUT2D eigenvalue weighted by molar-refractivity contribution is 9.10. The highest BCUT2D eigenvalue weighted by Gasteiger charge is 2.20. The van der Waals surface area contributed by atoms with Crippen LogP contribution in [0.2, 0.25) is 0 Å². The fourth-order valence-corrected chi connectivity index (χ4v) is 3.30. The molecule has 0 fully saturated rings. The molecule has 1 aliphatic heterocycles. The number of halogens is 1. The van der Waals surface area contributed by atoms with Crippen LogP contribution in [0.1, 0.15) is 22.3 Å². The van der Waals surface area contributed by atoms with E-state index in [0.29, 0.717) is 0 Å². The third-order valence-corrected chi connectivity index (χ3v) is 4.30. The number of hydrogen-bond acceptors (Lipinski definition) is 3. The first-order valence-electron chi connectivity index (χ1n) is 7.07. The molecule has 1 heterocycles. The second kappa shape index (κ2) is 6.01. The standard InChI is InChI=1S/C17H16BrNO3/c1-22-15-4-5-16-11(9-15)3-2-6-19(16)14-8-12(17(20)21)7-13(18)10-14/h4-5,7-10H,2-3,6H2,1H3,(H,20,21). The zero-order chi connectivity index (χ0) is 15.7. The van der Waals surface area contributed by atoms with Gasteiger partial charge >= 0.3 is 5.97 Å². The van der Waals surface area contributed by atoms with Gasteiger partial charge in [-0.05, 0) is 54.8 Å².